The molecule has 30 heavy (non-hydrogen) atoms. The van der Waals surface area contributed by atoms with E-state index in [1.807, 2.05) is 0 Å². The van der Waals surface area contributed by atoms with E-state index < -0.39 is 36.6 Å². The molecule has 0 unspecified atom stereocenters. The molecule has 2 fully saturated rings. The highest BCUT2D eigenvalue weighted by Gasteiger charge is 2.61. The molecule has 1 aliphatic carbocycles. The molecule has 2 aliphatic heterocycles. The van der Waals surface area contributed by atoms with Crippen LogP contribution in [0, 0.1) is 10.8 Å². The van der Waals surface area contributed by atoms with Gasteiger partial charge in [-0.3, -0.25) is 0 Å². The molecule has 2 saturated heterocycles. The molecule has 3 rings (SSSR count). The Morgan fingerprint density at radius 1 is 0.467 bits per heavy atom. The SMILES string of the molecule is CC(C)(C)C1=C(C(C)(C)C)C(B2OC(C)(C)C(C)(C)O2)=C1B1OC(C)(C)C(C)(C)O1. The van der Waals surface area contributed by atoms with Crippen LogP contribution in [-0.4, -0.2) is 36.6 Å². The molecule has 4 nitrogen and oxygen atoms in total. The summed E-state index contributed by atoms with van der Waals surface area (Å²) in [6.45, 7) is 30.4. The van der Waals surface area contributed by atoms with Crippen LogP contribution in [0.4, 0.5) is 0 Å². The monoisotopic (exact) mass is 416 g/mol. The minimum Gasteiger partial charge on any atom is -0.399 e. The third-order valence-electron chi connectivity index (χ3n) is 7.56. The molecule has 3 aliphatic rings. The molecular formula is C24H42B2O4. The summed E-state index contributed by atoms with van der Waals surface area (Å²) < 4.78 is 26.1. The minimum absolute atomic E-state index is 0.0469. The molecule has 168 valence electrons. The smallest absolute Gasteiger partial charge is 0.399 e. The fourth-order valence-electron chi connectivity index (χ4n) is 4.45. The summed E-state index contributed by atoms with van der Waals surface area (Å²) in [5, 5.41) is 0. The van der Waals surface area contributed by atoms with Crippen molar-refractivity contribution in [2.24, 2.45) is 10.8 Å². The van der Waals surface area contributed by atoms with E-state index in [2.05, 4.69) is 96.9 Å². The second-order valence-electron chi connectivity index (χ2n) is 13.3. The van der Waals surface area contributed by atoms with Crippen molar-refractivity contribution in [3.05, 3.63) is 22.1 Å². The highest BCUT2D eigenvalue weighted by Crippen LogP contribution is 2.57. The van der Waals surface area contributed by atoms with Crippen LogP contribution in [0.25, 0.3) is 0 Å². The molecule has 0 atom stereocenters. The third kappa shape index (κ3) is 3.56. The van der Waals surface area contributed by atoms with Crippen molar-refractivity contribution in [3.63, 3.8) is 0 Å². The summed E-state index contributed by atoms with van der Waals surface area (Å²) in [5.74, 6) is 0. The lowest BCUT2D eigenvalue weighted by molar-refractivity contribution is 0.00578. The molecule has 0 aromatic heterocycles. The van der Waals surface area contributed by atoms with Crippen LogP contribution in [0.1, 0.15) is 96.9 Å². The van der Waals surface area contributed by atoms with Gasteiger partial charge in [-0.25, -0.2) is 0 Å². The number of hydrogen-bond acceptors (Lipinski definition) is 4. The van der Waals surface area contributed by atoms with Gasteiger partial charge in [-0.15, -0.1) is 0 Å². The fourth-order valence-corrected chi connectivity index (χ4v) is 4.45. The maximum Gasteiger partial charge on any atom is 0.494 e. The molecule has 6 heteroatoms. The summed E-state index contributed by atoms with van der Waals surface area (Å²) in [5.41, 5.74) is 3.19. The lowest BCUT2D eigenvalue weighted by Gasteiger charge is -2.45. The van der Waals surface area contributed by atoms with Crippen molar-refractivity contribution >= 4 is 14.2 Å². The fraction of sp³-hybridized carbons (Fsp3) is 0.833. The zero-order chi connectivity index (χ0) is 23.3. The second-order valence-corrected chi connectivity index (χ2v) is 13.3. The van der Waals surface area contributed by atoms with Crippen molar-refractivity contribution < 1.29 is 18.6 Å². The maximum atomic E-state index is 6.52. The van der Waals surface area contributed by atoms with Crippen LogP contribution in [0.2, 0.25) is 0 Å². The van der Waals surface area contributed by atoms with E-state index in [0.717, 1.165) is 10.9 Å². The minimum atomic E-state index is -0.427. The zero-order valence-corrected chi connectivity index (χ0v) is 21.8. The van der Waals surface area contributed by atoms with Crippen LogP contribution in [0.15, 0.2) is 22.1 Å². The predicted octanol–water partition coefficient (Wildman–Crippen LogP) is 5.95. The molecule has 0 bridgehead atoms. The third-order valence-corrected chi connectivity index (χ3v) is 7.56. The van der Waals surface area contributed by atoms with Gasteiger partial charge in [0.25, 0.3) is 0 Å². The van der Waals surface area contributed by atoms with E-state index in [1.54, 1.807) is 0 Å². The molecule has 0 aromatic carbocycles. The predicted molar refractivity (Wildman–Crippen MR) is 125 cm³/mol. The first-order valence-corrected chi connectivity index (χ1v) is 11.3. The Bertz CT molecular complexity index is 706. The lowest BCUT2D eigenvalue weighted by Crippen LogP contribution is -2.43. The molecule has 0 N–H and O–H groups in total. The Labute approximate surface area is 185 Å². The van der Waals surface area contributed by atoms with Crippen LogP contribution >= 0.6 is 0 Å². The van der Waals surface area contributed by atoms with E-state index in [0.29, 0.717) is 0 Å². The van der Waals surface area contributed by atoms with Gasteiger partial charge in [0.1, 0.15) is 0 Å². The van der Waals surface area contributed by atoms with Crippen LogP contribution in [0.5, 0.6) is 0 Å². The largest absolute Gasteiger partial charge is 0.494 e. The van der Waals surface area contributed by atoms with Gasteiger partial charge in [0.2, 0.25) is 0 Å². The first-order valence-electron chi connectivity index (χ1n) is 11.3. The molecule has 0 saturated carbocycles. The molecule has 0 aromatic rings. The van der Waals surface area contributed by atoms with E-state index in [4.69, 9.17) is 18.6 Å². The van der Waals surface area contributed by atoms with Gasteiger partial charge in [-0.05, 0) is 88.3 Å². The maximum absolute atomic E-state index is 6.52. The molecule has 2 heterocycles. The average Bonchev–Trinajstić information content (AvgIpc) is 2.72. The Morgan fingerprint density at radius 2 is 0.667 bits per heavy atom. The van der Waals surface area contributed by atoms with Crippen LogP contribution in [0.3, 0.4) is 0 Å². The van der Waals surface area contributed by atoms with Gasteiger partial charge in [0, 0.05) is 0 Å². The van der Waals surface area contributed by atoms with Gasteiger partial charge < -0.3 is 18.6 Å². The Kier molecular flexibility index (Phi) is 5.22. The Hall–Kier alpha value is -0.550. The number of hydrogen-bond donors (Lipinski definition) is 0. The average molecular weight is 416 g/mol. The van der Waals surface area contributed by atoms with Crippen molar-refractivity contribution in [1.82, 2.24) is 0 Å². The van der Waals surface area contributed by atoms with Crippen molar-refractivity contribution in [1.29, 1.82) is 0 Å². The molecule has 0 spiro atoms. The van der Waals surface area contributed by atoms with E-state index in [9.17, 15) is 0 Å². The summed E-state index contributed by atoms with van der Waals surface area (Å²) >= 11 is 0. The lowest BCUT2D eigenvalue weighted by atomic mass is 9.45. The normalized spacial score (nSPS) is 27.8. The molecular weight excluding hydrogens is 374 g/mol. The Balaban J connectivity index is 2.16. The highest BCUT2D eigenvalue weighted by atomic mass is 16.7. The van der Waals surface area contributed by atoms with E-state index in [-0.39, 0.29) is 10.8 Å². The Morgan fingerprint density at radius 3 is 0.833 bits per heavy atom. The second kappa shape index (κ2) is 6.50. The van der Waals surface area contributed by atoms with Crippen molar-refractivity contribution in [3.8, 4) is 0 Å². The van der Waals surface area contributed by atoms with Gasteiger partial charge in [-0.1, -0.05) is 41.5 Å². The highest BCUT2D eigenvalue weighted by molar-refractivity contribution is 6.66. The van der Waals surface area contributed by atoms with Gasteiger partial charge >= 0.3 is 14.2 Å². The first-order chi connectivity index (χ1) is 13.1. The van der Waals surface area contributed by atoms with Gasteiger partial charge in [0.15, 0.2) is 0 Å². The van der Waals surface area contributed by atoms with E-state index in [1.165, 1.54) is 11.1 Å². The van der Waals surface area contributed by atoms with Crippen molar-refractivity contribution in [2.75, 3.05) is 0 Å². The molecule has 0 amide bonds. The summed E-state index contributed by atoms with van der Waals surface area (Å²) in [6, 6.07) is 0. The number of allylic oxidation sites excluding steroid dienone is 4. The van der Waals surface area contributed by atoms with E-state index >= 15 is 0 Å². The summed E-state index contributed by atoms with van der Waals surface area (Å²) in [7, 11) is -0.853. The topological polar surface area (TPSA) is 36.9 Å². The van der Waals surface area contributed by atoms with Crippen LogP contribution in [-0.2, 0) is 18.6 Å². The first kappa shape index (κ1) is 24.1. The zero-order valence-electron chi connectivity index (χ0n) is 21.8. The van der Waals surface area contributed by atoms with Crippen LogP contribution < -0.4 is 0 Å². The molecule has 0 radical (unpaired) electrons. The van der Waals surface area contributed by atoms with Crippen molar-refractivity contribution in [2.45, 2.75) is 119 Å². The van der Waals surface area contributed by atoms with Gasteiger partial charge in [0.05, 0.1) is 22.4 Å². The summed E-state index contributed by atoms with van der Waals surface area (Å²) in [4.78, 5) is 0. The standard InChI is InChI=1S/C24H42B2O4/c1-19(2,3)15-16(20(4,5)6)18(26-29-23(11,12)24(13,14)30-26)17(15)25-27-21(7,8)22(9,10)28-25/h1-14H3. The number of rotatable bonds is 2. The van der Waals surface area contributed by atoms with Gasteiger partial charge in [-0.2, -0.15) is 0 Å². The summed E-state index contributed by atoms with van der Waals surface area (Å²) in [6.07, 6.45) is 0. The quantitative estimate of drug-likeness (QED) is 0.522.